The molecule has 1 N–H and O–H groups in total. The zero-order valence-corrected chi connectivity index (χ0v) is 11.2. The van der Waals surface area contributed by atoms with E-state index in [-0.39, 0.29) is 6.04 Å². The second-order valence-electron chi connectivity index (χ2n) is 3.94. The van der Waals surface area contributed by atoms with E-state index >= 15 is 0 Å². The van der Waals surface area contributed by atoms with Crippen LogP contribution in [0.15, 0.2) is 36.4 Å². The summed E-state index contributed by atoms with van der Waals surface area (Å²) < 4.78 is 5.17. The lowest BCUT2D eigenvalue weighted by Crippen LogP contribution is -2.16. The van der Waals surface area contributed by atoms with Crippen LogP contribution in [0.4, 0.5) is 0 Å². The van der Waals surface area contributed by atoms with Gasteiger partial charge in [0.25, 0.3) is 0 Å². The molecule has 2 aromatic rings. The van der Waals surface area contributed by atoms with Gasteiger partial charge in [-0.3, -0.25) is 0 Å². The fourth-order valence-corrected chi connectivity index (χ4v) is 2.89. The summed E-state index contributed by atoms with van der Waals surface area (Å²) >= 11 is 1.83. The van der Waals surface area contributed by atoms with E-state index in [0.717, 1.165) is 5.75 Å². The third-order valence-corrected chi connectivity index (χ3v) is 3.85. The Morgan fingerprint density at radius 3 is 2.29 bits per heavy atom. The lowest BCUT2D eigenvalue weighted by Gasteiger charge is -2.15. The van der Waals surface area contributed by atoms with E-state index in [0.29, 0.717) is 0 Å². The fraction of sp³-hybridized carbons (Fsp3) is 0.286. The molecule has 0 spiro atoms. The van der Waals surface area contributed by atoms with Crippen molar-refractivity contribution in [1.82, 2.24) is 5.32 Å². The molecule has 0 bridgehead atoms. The van der Waals surface area contributed by atoms with Crippen LogP contribution in [0.3, 0.4) is 0 Å². The van der Waals surface area contributed by atoms with E-state index in [2.05, 4.69) is 36.5 Å². The molecule has 2 nitrogen and oxygen atoms in total. The number of ether oxygens (including phenoxy) is 1. The number of hydrogen-bond acceptors (Lipinski definition) is 3. The van der Waals surface area contributed by atoms with Crippen LogP contribution in [0.2, 0.25) is 0 Å². The highest BCUT2D eigenvalue weighted by atomic mass is 32.1. The molecule has 1 aromatic carbocycles. The van der Waals surface area contributed by atoms with Gasteiger partial charge in [0.15, 0.2) is 0 Å². The first-order valence-corrected chi connectivity index (χ1v) is 6.44. The highest BCUT2D eigenvalue weighted by Gasteiger charge is 2.13. The minimum atomic E-state index is 0.264. The quantitative estimate of drug-likeness (QED) is 0.894. The van der Waals surface area contributed by atoms with Crippen molar-refractivity contribution in [3.05, 3.63) is 51.7 Å². The summed E-state index contributed by atoms with van der Waals surface area (Å²) in [6.45, 7) is 2.13. The topological polar surface area (TPSA) is 21.3 Å². The minimum Gasteiger partial charge on any atom is -0.497 e. The van der Waals surface area contributed by atoms with Crippen molar-refractivity contribution < 1.29 is 4.74 Å². The maximum atomic E-state index is 5.17. The second-order valence-corrected chi connectivity index (χ2v) is 5.26. The smallest absolute Gasteiger partial charge is 0.118 e. The summed E-state index contributed by atoms with van der Waals surface area (Å²) in [4.78, 5) is 2.68. The molecular formula is C14H17NOS. The van der Waals surface area contributed by atoms with Gasteiger partial charge in [0, 0.05) is 9.75 Å². The first kappa shape index (κ1) is 12.1. The number of nitrogens with one attached hydrogen (secondary N) is 1. The predicted molar refractivity (Wildman–Crippen MR) is 73.0 cm³/mol. The molecule has 1 atom stereocenters. The van der Waals surface area contributed by atoms with Gasteiger partial charge in [0.05, 0.1) is 13.2 Å². The first-order chi connectivity index (χ1) is 8.24. The lowest BCUT2D eigenvalue weighted by atomic mass is 10.1. The van der Waals surface area contributed by atoms with Gasteiger partial charge < -0.3 is 10.1 Å². The van der Waals surface area contributed by atoms with E-state index < -0.39 is 0 Å². The Morgan fingerprint density at radius 1 is 1.12 bits per heavy atom. The van der Waals surface area contributed by atoms with Crippen LogP contribution in [0, 0.1) is 6.92 Å². The Hall–Kier alpha value is -1.32. The van der Waals surface area contributed by atoms with Crippen LogP contribution in [-0.4, -0.2) is 14.2 Å². The molecule has 0 aliphatic carbocycles. The molecule has 1 unspecified atom stereocenters. The third-order valence-electron chi connectivity index (χ3n) is 2.78. The molecule has 0 aliphatic heterocycles. The predicted octanol–water partition coefficient (Wildman–Crippen LogP) is 3.37. The molecule has 0 amide bonds. The summed E-state index contributed by atoms with van der Waals surface area (Å²) in [5, 5.41) is 3.36. The monoisotopic (exact) mass is 247 g/mol. The maximum Gasteiger partial charge on any atom is 0.118 e. The van der Waals surface area contributed by atoms with E-state index in [1.54, 1.807) is 7.11 Å². The standard InChI is InChI=1S/C14H17NOS/c1-10-4-9-13(17-10)14(15-2)11-5-7-12(16-3)8-6-11/h4-9,14-15H,1-3H3. The molecule has 0 saturated heterocycles. The molecule has 0 fully saturated rings. The molecule has 2 rings (SSSR count). The zero-order chi connectivity index (χ0) is 12.3. The third kappa shape index (κ3) is 2.68. The van der Waals surface area contributed by atoms with Crippen LogP contribution < -0.4 is 10.1 Å². The van der Waals surface area contributed by atoms with Crippen LogP contribution in [0.25, 0.3) is 0 Å². The van der Waals surface area contributed by atoms with Crippen LogP contribution in [0.5, 0.6) is 5.75 Å². The Kier molecular flexibility index (Phi) is 3.82. The van der Waals surface area contributed by atoms with Gasteiger partial charge in [-0.25, -0.2) is 0 Å². The van der Waals surface area contributed by atoms with Crippen molar-refractivity contribution in [1.29, 1.82) is 0 Å². The van der Waals surface area contributed by atoms with Gasteiger partial charge in [-0.05, 0) is 43.8 Å². The summed E-state index contributed by atoms with van der Waals surface area (Å²) in [6.07, 6.45) is 0. The number of benzene rings is 1. The van der Waals surface area contributed by atoms with Crippen molar-refractivity contribution in [3.8, 4) is 5.75 Å². The Morgan fingerprint density at radius 2 is 1.82 bits per heavy atom. The molecular weight excluding hydrogens is 230 g/mol. The highest BCUT2D eigenvalue weighted by Crippen LogP contribution is 2.28. The number of aryl methyl sites for hydroxylation is 1. The summed E-state index contributed by atoms with van der Waals surface area (Å²) in [5.74, 6) is 0.894. The summed E-state index contributed by atoms with van der Waals surface area (Å²) in [5.41, 5.74) is 1.26. The Bertz CT molecular complexity index is 475. The minimum absolute atomic E-state index is 0.264. The fourth-order valence-electron chi connectivity index (χ4n) is 1.88. The SMILES string of the molecule is CNC(c1ccc(OC)cc1)c1ccc(C)s1. The second kappa shape index (κ2) is 5.34. The van der Waals surface area contributed by atoms with Gasteiger partial charge in [-0.1, -0.05) is 12.1 Å². The molecule has 90 valence electrons. The number of rotatable bonds is 4. The van der Waals surface area contributed by atoms with Gasteiger partial charge >= 0.3 is 0 Å². The molecule has 0 aliphatic rings. The molecule has 1 heterocycles. The van der Waals surface area contributed by atoms with Gasteiger partial charge in [-0.2, -0.15) is 0 Å². The number of thiophene rings is 1. The van der Waals surface area contributed by atoms with Crippen molar-refractivity contribution in [2.45, 2.75) is 13.0 Å². The first-order valence-electron chi connectivity index (χ1n) is 5.62. The van der Waals surface area contributed by atoms with Gasteiger partial charge in [0.1, 0.15) is 5.75 Å². The van der Waals surface area contributed by atoms with E-state index in [1.165, 1.54) is 15.3 Å². The lowest BCUT2D eigenvalue weighted by molar-refractivity contribution is 0.414. The summed E-state index contributed by atoms with van der Waals surface area (Å²) in [7, 11) is 3.68. The van der Waals surface area contributed by atoms with Gasteiger partial charge in [-0.15, -0.1) is 11.3 Å². The largest absolute Gasteiger partial charge is 0.497 e. The van der Waals surface area contributed by atoms with Crippen molar-refractivity contribution in [2.75, 3.05) is 14.2 Å². The normalized spacial score (nSPS) is 12.4. The van der Waals surface area contributed by atoms with Crippen molar-refractivity contribution >= 4 is 11.3 Å². The number of methoxy groups -OCH3 is 1. The van der Waals surface area contributed by atoms with Crippen LogP contribution in [-0.2, 0) is 0 Å². The Balaban J connectivity index is 2.28. The summed E-state index contributed by atoms with van der Waals surface area (Å²) in [6, 6.07) is 12.8. The van der Waals surface area contributed by atoms with Gasteiger partial charge in [0.2, 0.25) is 0 Å². The van der Waals surface area contributed by atoms with E-state index in [4.69, 9.17) is 4.74 Å². The molecule has 1 aromatic heterocycles. The van der Waals surface area contributed by atoms with Crippen molar-refractivity contribution in [2.24, 2.45) is 0 Å². The van der Waals surface area contributed by atoms with Crippen LogP contribution >= 0.6 is 11.3 Å². The molecule has 0 saturated carbocycles. The maximum absolute atomic E-state index is 5.17. The average Bonchev–Trinajstić information content (AvgIpc) is 2.78. The van der Waals surface area contributed by atoms with Crippen LogP contribution in [0.1, 0.15) is 21.4 Å². The van der Waals surface area contributed by atoms with E-state index in [9.17, 15) is 0 Å². The molecule has 17 heavy (non-hydrogen) atoms. The average molecular weight is 247 g/mol. The highest BCUT2D eigenvalue weighted by molar-refractivity contribution is 7.12. The molecule has 3 heteroatoms. The molecule has 0 radical (unpaired) electrons. The zero-order valence-electron chi connectivity index (χ0n) is 10.4. The number of hydrogen-bond donors (Lipinski definition) is 1. The van der Waals surface area contributed by atoms with Crippen molar-refractivity contribution in [3.63, 3.8) is 0 Å². The van der Waals surface area contributed by atoms with E-state index in [1.807, 2.05) is 30.5 Å². The Labute approximate surface area is 106 Å².